The molecule has 1 amide bonds. The normalized spacial score (nSPS) is 27.9. The molecule has 9 heteroatoms. The highest BCUT2D eigenvalue weighted by Gasteiger charge is 2.35. The molecule has 3 N–H and O–H groups in total. The van der Waals surface area contributed by atoms with Gasteiger partial charge >= 0.3 is 0 Å². The Hall–Kier alpha value is -1.65. The zero-order chi connectivity index (χ0) is 23.9. The van der Waals surface area contributed by atoms with E-state index in [1.165, 1.54) is 44.2 Å². The lowest BCUT2D eigenvalue weighted by molar-refractivity contribution is -0.179. The number of aliphatic hydroxyl groups excluding tert-OH is 1. The molecular weight excluding hydrogens is 446 g/mol. The smallest absolute Gasteiger partial charge is 0.249 e. The summed E-state index contributed by atoms with van der Waals surface area (Å²) in [5, 5.41) is 17.2. The second-order valence-electron chi connectivity index (χ2n) is 9.70. The van der Waals surface area contributed by atoms with E-state index in [4.69, 9.17) is 14.2 Å². The van der Waals surface area contributed by atoms with E-state index in [1.807, 2.05) is 0 Å². The summed E-state index contributed by atoms with van der Waals surface area (Å²) in [5.41, 5.74) is 0.347. The van der Waals surface area contributed by atoms with E-state index in [9.17, 15) is 18.7 Å². The zero-order valence-electron chi connectivity index (χ0n) is 19.5. The SMILES string of the molecule is O=C(N[C@@H](Cc1cc(F)cc(F)c1)[C@H](O)[C@H]1CO[C@@H](OCC2CCCCC2)CN1)[C@H]1CCCO1. The van der Waals surface area contributed by atoms with Crippen molar-refractivity contribution in [2.75, 3.05) is 26.4 Å². The van der Waals surface area contributed by atoms with Crippen molar-refractivity contribution < 1.29 is 32.9 Å². The number of amides is 1. The van der Waals surface area contributed by atoms with E-state index in [-0.39, 0.29) is 25.2 Å². The first-order chi connectivity index (χ1) is 16.5. The number of carbonyl (C=O) groups excluding carboxylic acids is 1. The maximum Gasteiger partial charge on any atom is 0.249 e. The number of ether oxygens (including phenoxy) is 3. The number of hydrogen-bond donors (Lipinski definition) is 3. The molecule has 1 aromatic carbocycles. The van der Waals surface area contributed by atoms with Gasteiger partial charge in [-0.2, -0.15) is 0 Å². The molecule has 2 aliphatic heterocycles. The van der Waals surface area contributed by atoms with E-state index in [0.29, 0.717) is 37.7 Å². The van der Waals surface area contributed by atoms with E-state index in [1.54, 1.807) is 0 Å². The molecule has 1 aliphatic carbocycles. The van der Waals surface area contributed by atoms with Crippen LogP contribution in [0.2, 0.25) is 0 Å². The van der Waals surface area contributed by atoms with Gasteiger partial charge in [0.15, 0.2) is 6.29 Å². The van der Waals surface area contributed by atoms with E-state index < -0.39 is 35.9 Å². The van der Waals surface area contributed by atoms with Crippen LogP contribution in [0.25, 0.3) is 0 Å². The molecule has 0 bridgehead atoms. The molecule has 1 saturated carbocycles. The van der Waals surface area contributed by atoms with E-state index in [0.717, 1.165) is 12.5 Å². The van der Waals surface area contributed by atoms with Crippen LogP contribution in [-0.4, -0.2) is 68.0 Å². The number of rotatable bonds is 9. The predicted octanol–water partition coefficient (Wildman–Crippen LogP) is 2.44. The van der Waals surface area contributed by atoms with Gasteiger partial charge in [-0.15, -0.1) is 0 Å². The standard InChI is InChI=1S/C25H36F2N2O5/c26-18-9-17(10-19(27)12-18)11-20(29-25(31)22-7-4-8-32-22)24(30)21-15-34-23(13-28-21)33-14-16-5-2-1-3-6-16/h9-10,12,16,20-24,28,30H,1-8,11,13-15H2,(H,29,31)/t20-,21+,22+,23+,24-/m0/s1. The van der Waals surface area contributed by atoms with Gasteiger partial charge < -0.3 is 30.0 Å². The Morgan fingerprint density at radius 2 is 1.88 bits per heavy atom. The largest absolute Gasteiger partial charge is 0.389 e. The lowest BCUT2D eigenvalue weighted by atomic mass is 9.90. The van der Waals surface area contributed by atoms with Gasteiger partial charge in [-0.05, 0) is 55.7 Å². The van der Waals surface area contributed by atoms with Crippen LogP contribution in [0.1, 0.15) is 50.5 Å². The highest BCUT2D eigenvalue weighted by atomic mass is 19.1. The third kappa shape index (κ3) is 7.18. The molecule has 0 unspecified atom stereocenters. The Labute approximate surface area is 199 Å². The average Bonchev–Trinajstić information content (AvgIpc) is 3.38. The second-order valence-corrected chi connectivity index (χ2v) is 9.70. The molecule has 1 aromatic rings. The summed E-state index contributed by atoms with van der Waals surface area (Å²) in [7, 11) is 0. The third-order valence-electron chi connectivity index (χ3n) is 7.00. The van der Waals surface area contributed by atoms with E-state index in [2.05, 4.69) is 10.6 Å². The topological polar surface area (TPSA) is 89.1 Å². The summed E-state index contributed by atoms with van der Waals surface area (Å²) in [5.74, 6) is -1.16. The molecule has 2 heterocycles. The van der Waals surface area contributed by atoms with Gasteiger partial charge in [0.2, 0.25) is 5.91 Å². The molecule has 2 saturated heterocycles. The fourth-order valence-electron chi connectivity index (χ4n) is 5.08. The Balaban J connectivity index is 1.34. The Morgan fingerprint density at radius 1 is 1.12 bits per heavy atom. The Kier molecular flexibility index (Phi) is 9.24. The molecule has 4 rings (SSSR count). The van der Waals surface area contributed by atoms with Crippen LogP contribution in [0.3, 0.4) is 0 Å². The molecule has 3 aliphatic rings. The number of hydrogen-bond acceptors (Lipinski definition) is 6. The van der Waals surface area contributed by atoms with Crippen molar-refractivity contribution in [2.45, 2.75) is 81.9 Å². The number of nitrogens with one attached hydrogen (secondary N) is 2. The molecule has 0 radical (unpaired) electrons. The maximum atomic E-state index is 13.7. The van der Waals surface area contributed by atoms with Crippen molar-refractivity contribution in [2.24, 2.45) is 5.92 Å². The summed E-state index contributed by atoms with van der Waals surface area (Å²) < 4.78 is 44.7. The van der Waals surface area contributed by atoms with Gasteiger partial charge in [-0.25, -0.2) is 8.78 Å². The number of morpholine rings is 1. The first-order valence-electron chi connectivity index (χ1n) is 12.5. The minimum Gasteiger partial charge on any atom is -0.389 e. The summed E-state index contributed by atoms with van der Waals surface area (Å²) in [4.78, 5) is 12.7. The first kappa shape index (κ1) is 25.4. The highest BCUT2D eigenvalue weighted by molar-refractivity contribution is 5.81. The molecule has 0 spiro atoms. The van der Waals surface area contributed by atoms with Crippen LogP contribution in [0.4, 0.5) is 8.78 Å². The summed E-state index contributed by atoms with van der Waals surface area (Å²) in [6, 6.07) is 1.97. The second kappa shape index (κ2) is 12.4. The van der Waals surface area contributed by atoms with Crippen LogP contribution in [0, 0.1) is 17.6 Å². The van der Waals surface area contributed by atoms with Crippen molar-refractivity contribution >= 4 is 5.91 Å². The van der Waals surface area contributed by atoms with Crippen molar-refractivity contribution in [3.05, 3.63) is 35.4 Å². The zero-order valence-corrected chi connectivity index (χ0v) is 19.5. The van der Waals surface area contributed by atoms with Crippen LogP contribution >= 0.6 is 0 Å². The van der Waals surface area contributed by atoms with Gasteiger partial charge in [-0.3, -0.25) is 4.79 Å². The average molecular weight is 483 g/mol. The first-order valence-corrected chi connectivity index (χ1v) is 12.5. The number of aliphatic hydroxyl groups is 1. The van der Waals surface area contributed by atoms with Crippen molar-refractivity contribution in [3.8, 4) is 0 Å². The van der Waals surface area contributed by atoms with Gasteiger partial charge in [0, 0.05) is 19.2 Å². The van der Waals surface area contributed by atoms with Crippen LogP contribution in [0.5, 0.6) is 0 Å². The lowest BCUT2D eigenvalue weighted by Crippen LogP contribution is -2.60. The van der Waals surface area contributed by atoms with Crippen molar-refractivity contribution in [1.29, 1.82) is 0 Å². The van der Waals surface area contributed by atoms with Crippen LogP contribution in [-0.2, 0) is 25.4 Å². The lowest BCUT2D eigenvalue weighted by Gasteiger charge is -2.37. The quantitative estimate of drug-likeness (QED) is 0.501. The fraction of sp³-hybridized carbons (Fsp3) is 0.720. The summed E-state index contributed by atoms with van der Waals surface area (Å²) in [6.45, 7) is 1.79. The number of halogens is 2. The summed E-state index contributed by atoms with van der Waals surface area (Å²) >= 11 is 0. The predicted molar refractivity (Wildman–Crippen MR) is 121 cm³/mol. The maximum absolute atomic E-state index is 13.7. The van der Waals surface area contributed by atoms with E-state index >= 15 is 0 Å². The third-order valence-corrected chi connectivity index (χ3v) is 7.00. The van der Waals surface area contributed by atoms with Crippen LogP contribution in [0.15, 0.2) is 18.2 Å². The summed E-state index contributed by atoms with van der Waals surface area (Å²) in [6.07, 6.45) is 5.63. The molecule has 190 valence electrons. The Morgan fingerprint density at radius 3 is 2.53 bits per heavy atom. The van der Waals surface area contributed by atoms with Crippen molar-refractivity contribution in [3.63, 3.8) is 0 Å². The number of benzene rings is 1. The van der Waals surface area contributed by atoms with Gasteiger partial charge in [0.25, 0.3) is 0 Å². The van der Waals surface area contributed by atoms with Gasteiger partial charge in [-0.1, -0.05) is 19.3 Å². The van der Waals surface area contributed by atoms with Crippen molar-refractivity contribution in [1.82, 2.24) is 10.6 Å². The number of carbonyl (C=O) groups is 1. The molecule has 0 aromatic heterocycles. The Bertz CT molecular complexity index is 773. The molecule has 5 atom stereocenters. The molecule has 7 nitrogen and oxygen atoms in total. The minimum absolute atomic E-state index is 0.0636. The fourth-order valence-corrected chi connectivity index (χ4v) is 5.08. The molecule has 34 heavy (non-hydrogen) atoms. The van der Waals surface area contributed by atoms with Gasteiger partial charge in [0.05, 0.1) is 31.4 Å². The monoisotopic (exact) mass is 482 g/mol. The molecule has 3 fully saturated rings. The minimum atomic E-state index is -1.05. The van der Waals surface area contributed by atoms with Crippen LogP contribution < -0.4 is 10.6 Å². The molecular formula is C25H36F2N2O5. The van der Waals surface area contributed by atoms with Gasteiger partial charge in [0.1, 0.15) is 17.7 Å². The highest BCUT2D eigenvalue weighted by Crippen LogP contribution is 2.24.